The molecule has 1 saturated heterocycles. The first-order valence-electron chi connectivity index (χ1n) is 5.30. The summed E-state index contributed by atoms with van der Waals surface area (Å²) in [6.45, 7) is 4.54. The van der Waals surface area contributed by atoms with Crippen molar-refractivity contribution in [3.8, 4) is 0 Å². The zero-order valence-corrected chi connectivity index (χ0v) is 10.7. The van der Waals surface area contributed by atoms with Gasteiger partial charge < -0.3 is 5.73 Å². The van der Waals surface area contributed by atoms with Crippen molar-refractivity contribution in [2.24, 2.45) is 5.73 Å². The van der Waals surface area contributed by atoms with Crippen LogP contribution in [0.4, 0.5) is 0 Å². The molecule has 0 aliphatic carbocycles. The predicted octanol–water partition coefficient (Wildman–Crippen LogP) is 2.65. The number of hydrogen-bond donors (Lipinski definition) is 1. The molecule has 1 aliphatic rings. The smallest absolute Gasteiger partial charge is 0.0413 e. The molecule has 1 fully saturated rings. The van der Waals surface area contributed by atoms with Crippen LogP contribution < -0.4 is 5.73 Å². The fourth-order valence-corrected chi connectivity index (χ4v) is 2.92. The maximum Gasteiger partial charge on any atom is 0.0413 e. The summed E-state index contributed by atoms with van der Waals surface area (Å²) in [5.74, 6) is 0. The van der Waals surface area contributed by atoms with Gasteiger partial charge in [-0.15, -0.1) is 23.7 Å². The summed E-state index contributed by atoms with van der Waals surface area (Å²) < 4.78 is 0. The molecule has 0 bridgehead atoms. The van der Waals surface area contributed by atoms with Gasteiger partial charge in [0, 0.05) is 23.5 Å². The molecule has 2 rings (SSSR count). The highest BCUT2D eigenvalue weighted by atomic mass is 35.5. The van der Waals surface area contributed by atoms with Gasteiger partial charge in [0.05, 0.1) is 0 Å². The highest BCUT2D eigenvalue weighted by Crippen LogP contribution is 2.26. The number of halogens is 1. The summed E-state index contributed by atoms with van der Waals surface area (Å²) in [5, 5.41) is 2.15. The summed E-state index contributed by atoms with van der Waals surface area (Å²) >= 11 is 1.84. The molecule has 0 aromatic carbocycles. The zero-order chi connectivity index (χ0) is 9.97. The fourth-order valence-electron chi connectivity index (χ4n) is 2.10. The van der Waals surface area contributed by atoms with E-state index in [-0.39, 0.29) is 12.4 Å². The molecule has 15 heavy (non-hydrogen) atoms. The number of hydrogen-bond acceptors (Lipinski definition) is 3. The SMILES string of the molecule is CC(c1cccs1)N1CCCC(N)C1.Cl. The Kier molecular flexibility index (Phi) is 5.06. The second-order valence-electron chi connectivity index (χ2n) is 4.09. The monoisotopic (exact) mass is 246 g/mol. The van der Waals surface area contributed by atoms with Gasteiger partial charge >= 0.3 is 0 Å². The van der Waals surface area contributed by atoms with E-state index in [1.807, 2.05) is 11.3 Å². The van der Waals surface area contributed by atoms with E-state index in [0.29, 0.717) is 12.1 Å². The van der Waals surface area contributed by atoms with Gasteiger partial charge in [0.25, 0.3) is 0 Å². The maximum atomic E-state index is 5.98. The minimum Gasteiger partial charge on any atom is -0.327 e. The van der Waals surface area contributed by atoms with Gasteiger partial charge in [-0.1, -0.05) is 6.07 Å². The van der Waals surface area contributed by atoms with Gasteiger partial charge in [-0.3, -0.25) is 4.90 Å². The van der Waals surface area contributed by atoms with Crippen LogP contribution >= 0.6 is 23.7 Å². The van der Waals surface area contributed by atoms with Crippen LogP contribution in [-0.2, 0) is 0 Å². The molecule has 0 radical (unpaired) electrons. The first-order chi connectivity index (χ1) is 6.77. The molecule has 86 valence electrons. The van der Waals surface area contributed by atoms with Crippen LogP contribution in [0.25, 0.3) is 0 Å². The largest absolute Gasteiger partial charge is 0.327 e. The van der Waals surface area contributed by atoms with Crippen LogP contribution in [0.3, 0.4) is 0 Å². The Labute approximate surface area is 102 Å². The molecular weight excluding hydrogens is 228 g/mol. The zero-order valence-electron chi connectivity index (χ0n) is 9.06. The maximum absolute atomic E-state index is 5.98. The van der Waals surface area contributed by atoms with Crippen molar-refractivity contribution in [1.29, 1.82) is 0 Å². The normalized spacial score (nSPS) is 24.5. The molecule has 4 heteroatoms. The lowest BCUT2D eigenvalue weighted by molar-refractivity contribution is 0.161. The lowest BCUT2D eigenvalue weighted by Crippen LogP contribution is -2.43. The van der Waals surface area contributed by atoms with Gasteiger partial charge in [-0.05, 0) is 37.8 Å². The minimum atomic E-state index is 0. The summed E-state index contributed by atoms with van der Waals surface area (Å²) in [6, 6.07) is 5.27. The first kappa shape index (κ1) is 13.0. The van der Waals surface area contributed by atoms with E-state index in [9.17, 15) is 0 Å². The molecule has 0 amide bonds. The molecule has 1 aromatic heterocycles. The van der Waals surface area contributed by atoms with Gasteiger partial charge in [0.15, 0.2) is 0 Å². The predicted molar refractivity (Wildman–Crippen MR) is 68.8 cm³/mol. The standard InChI is InChI=1S/C11H18N2S.ClH/c1-9(11-5-3-7-14-11)13-6-2-4-10(12)8-13;/h3,5,7,9-10H,2,4,6,8,12H2,1H3;1H. The third-order valence-corrected chi connectivity index (χ3v) is 4.03. The Morgan fingerprint density at radius 1 is 1.60 bits per heavy atom. The Bertz CT molecular complexity index is 276. The lowest BCUT2D eigenvalue weighted by Gasteiger charge is -2.34. The Morgan fingerprint density at radius 2 is 2.40 bits per heavy atom. The fraction of sp³-hybridized carbons (Fsp3) is 0.636. The van der Waals surface area contributed by atoms with Crippen LogP contribution in [-0.4, -0.2) is 24.0 Å². The van der Waals surface area contributed by atoms with E-state index in [1.54, 1.807) is 0 Å². The number of nitrogens with two attached hydrogens (primary N) is 1. The van der Waals surface area contributed by atoms with E-state index >= 15 is 0 Å². The van der Waals surface area contributed by atoms with Crippen LogP contribution in [0.2, 0.25) is 0 Å². The van der Waals surface area contributed by atoms with Gasteiger partial charge in [0.1, 0.15) is 0 Å². The Hall–Kier alpha value is -0.0900. The number of nitrogens with zero attached hydrogens (tertiary/aromatic N) is 1. The van der Waals surface area contributed by atoms with E-state index in [1.165, 1.54) is 24.3 Å². The van der Waals surface area contributed by atoms with Gasteiger partial charge in [-0.2, -0.15) is 0 Å². The summed E-state index contributed by atoms with van der Waals surface area (Å²) in [7, 11) is 0. The molecule has 1 aromatic rings. The van der Waals surface area contributed by atoms with E-state index in [4.69, 9.17) is 5.73 Å². The lowest BCUT2D eigenvalue weighted by atomic mass is 10.0. The molecule has 1 aliphatic heterocycles. The number of rotatable bonds is 2. The molecule has 2 unspecified atom stereocenters. The van der Waals surface area contributed by atoms with Crippen molar-refractivity contribution in [2.45, 2.75) is 31.8 Å². The summed E-state index contributed by atoms with van der Waals surface area (Å²) in [6.07, 6.45) is 2.44. The van der Waals surface area contributed by atoms with Crippen LogP contribution in [0.5, 0.6) is 0 Å². The molecule has 0 saturated carbocycles. The third-order valence-electron chi connectivity index (χ3n) is 2.99. The van der Waals surface area contributed by atoms with Crippen molar-refractivity contribution in [3.05, 3.63) is 22.4 Å². The molecular formula is C11H19ClN2S. The third kappa shape index (κ3) is 3.18. The Balaban J connectivity index is 0.00000112. The number of thiophene rings is 1. The number of piperidine rings is 1. The summed E-state index contributed by atoms with van der Waals surface area (Å²) in [5.41, 5.74) is 5.98. The average molecular weight is 247 g/mol. The molecule has 2 heterocycles. The van der Waals surface area contributed by atoms with Crippen molar-refractivity contribution in [3.63, 3.8) is 0 Å². The van der Waals surface area contributed by atoms with E-state index < -0.39 is 0 Å². The second-order valence-corrected chi connectivity index (χ2v) is 5.07. The van der Waals surface area contributed by atoms with Crippen molar-refractivity contribution in [1.82, 2.24) is 4.90 Å². The van der Waals surface area contributed by atoms with Crippen molar-refractivity contribution >= 4 is 23.7 Å². The molecule has 2 nitrogen and oxygen atoms in total. The van der Waals surface area contributed by atoms with Crippen LogP contribution in [0.15, 0.2) is 17.5 Å². The molecule has 0 spiro atoms. The second kappa shape index (κ2) is 5.85. The van der Waals surface area contributed by atoms with Crippen molar-refractivity contribution < 1.29 is 0 Å². The quantitative estimate of drug-likeness (QED) is 0.870. The average Bonchev–Trinajstić information content (AvgIpc) is 2.69. The minimum absolute atomic E-state index is 0. The highest BCUT2D eigenvalue weighted by molar-refractivity contribution is 7.10. The Morgan fingerprint density at radius 3 is 3.00 bits per heavy atom. The number of likely N-dealkylation sites (tertiary alicyclic amines) is 1. The van der Waals surface area contributed by atoms with E-state index in [2.05, 4.69) is 29.3 Å². The van der Waals surface area contributed by atoms with Gasteiger partial charge in [-0.25, -0.2) is 0 Å². The van der Waals surface area contributed by atoms with Gasteiger partial charge in [0.2, 0.25) is 0 Å². The highest BCUT2D eigenvalue weighted by Gasteiger charge is 2.22. The van der Waals surface area contributed by atoms with Crippen LogP contribution in [0, 0.1) is 0 Å². The topological polar surface area (TPSA) is 29.3 Å². The van der Waals surface area contributed by atoms with Crippen LogP contribution in [0.1, 0.15) is 30.7 Å². The van der Waals surface area contributed by atoms with E-state index in [0.717, 1.165) is 6.54 Å². The molecule has 2 atom stereocenters. The molecule has 2 N–H and O–H groups in total. The van der Waals surface area contributed by atoms with Crippen molar-refractivity contribution in [2.75, 3.05) is 13.1 Å². The summed E-state index contributed by atoms with van der Waals surface area (Å²) in [4.78, 5) is 3.96. The first-order valence-corrected chi connectivity index (χ1v) is 6.18.